The molecule has 0 aliphatic rings. The van der Waals surface area contributed by atoms with Crippen molar-refractivity contribution in [3.8, 4) is 0 Å². The summed E-state index contributed by atoms with van der Waals surface area (Å²) in [6, 6.07) is 3.92. The minimum atomic E-state index is 0.745. The maximum absolute atomic E-state index is 4.44. The normalized spacial score (nSPS) is 11.4. The van der Waals surface area contributed by atoms with Crippen LogP contribution in [0.4, 0.5) is 0 Å². The number of pyridine rings is 1. The molecule has 0 atom stereocenters. The van der Waals surface area contributed by atoms with Crippen molar-refractivity contribution in [1.29, 1.82) is 0 Å². The lowest BCUT2D eigenvalue weighted by Gasteiger charge is -2.04. The van der Waals surface area contributed by atoms with Crippen LogP contribution >= 0.6 is 0 Å². The van der Waals surface area contributed by atoms with Gasteiger partial charge in [0.1, 0.15) is 5.82 Å². The van der Waals surface area contributed by atoms with E-state index in [-0.39, 0.29) is 0 Å². The Morgan fingerprint density at radius 3 is 3.00 bits per heavy atom. The van der Waals surface area contributed by atoms with Gasteiger partial charge in [-0.05, 0) is 25.5 Å². The molecule has 0 aromatic carbocycles. The van der Waals surface area contributed by atoms with Gasteiger partial charge in [-0.25, -0.2) is 9.97 Å². The Balaban J connectivity index is 2.47. The summed E-state index contributed by atoms with van der Waals surface area (Å²) in [5.41, 5.74) is 3.41. The molecule has 5 heteroatoms. The average Bonchev–Trinajstić information content (AvgIpc) is 2.75. The fourth-order valence-electron chi connectivity index (χ4n) is 2.05. The van der Waals surface area contributed by atoms with Crippen molar-refractivity contribution in [3.63, 3.8) is 0 Å². The molecular weight excluding hydrogens is 214 g/mol. The standard InChI is InChI=1S/C12H13N5/c1-3-5-10-15-16-12-8(2)14-11-9(17(10)12)6-4-7-13-11/h4,6-7H,3,5H2,1-2H3. The largest absolute Gasteiger partial charge is 0.274 e. The summed E-state index contributed by atoms with van der Waals surface area (Å²) >= 11 is 0. The first kappa shape index (κ1) is 10.1. The molecule has 5 nitrogen and oxygen atoms in total. The van der Waals surface area contributed by atoms with E-state index in [1.54, 1.807) is 6.20 Å². The molecule has 17 heavy (non-hydrogen) atoms. The van der Waals surface area contributed by atoms with Crippen molar-refractivity contribution in [3.05, 3.63) is 29.8 Å². The van der Waals surface area contributed by atoms with Crippen LogP contribution in [-0.2, 0) is 6.42 Å². The molecule has 0 spiro atoms. The quantitative estimate of drug-likeness (QED) is 0.671. The van der Waals surface area contributed by atoms with Gasteiger partial charge in [0.25, 0.3) is 0 Å². The molecule has 0 aliphatic heterocycles. The van der Waals surface area contributed by atoms with E-state index in [2.05, 4.69) is 31.5 Å². The summed E-state index contributed by atoms with van der Waals surface area (Å²) in [7, 11) is 0. The third-order valence-electron chi connectivity index (χ3n) is 2.81. The Morgan fingerprint density at radius 2 is 2.18 bits per heavy atom. The topological polar surface area (TPSA) is 56.0 Å². The highest BCUT2D eigenvalue weighted by atomic mass is 15.3. The van der Waals surface area contributed by atoms with Gasteiger partial charge in [-0.2, -0.15) is 0 Å². The highest BCUT2D eigenvalue weighted by molar-refractivity contribution is 5.74. The SMILES string of the molecule is CCCc1nnc2c(C)nc3ncccc3n12. The first-order chi connectivity index (χ1) is 8.31. The Labute approximate surface area is 98.5 Å². The first-order valence-corrected chi connectivity index (χ1v) is 5.76. The molecule has 0 unspecified atom stereocenters. The van der Waals surface area contributed by atoms with Crippen LogP contribution in [0.2, 0.25) is 0 Å². The van der Waals surface area contributed by atoms with Crippen LogP contribution in [-0.4, -0.2) is 24.6 Å². The summed E-state index contributed by atoms with van der Waals surface area (Å²) in [5, 5.41) is 8.45. The molecule has 3 aromatic rings. The predicted octanol–water partition coefficient (Wildman–Crippen LogP) is 1.93. The maximum Gasteiger partial charge on any atom is 0.182 e. The van der Waals surface area contributed by atoms with E-state index in [0.717, 1.165) is 41.2 Å². The third kappa shape index (κ3) is 1.46. The molecule has 0 bridgehead atoms. The van der Waals surface area contributed by atoms with Crippen LogP contribution in [0, 0.1) is 6.92 Å². The molecule has 3 rings (SSSR count). The molecule has 0 radical (unpaired) electrons. The Bertz CT molecular complexity index is 686. The molecule has 86 valence electrons. The van der Waals surface area contributed by atoms with Gasteiger partial charge in [-0.15, -0.1) is 10.2 Å². The minimum Gasteiger partial charge on any atom is -0.274 e. The number of aryl methyl sites for hydroxylation is 2. The number of nitrogens with zero attached hydrogens (tertiary/aromatic N) is 5. The van der Waals surface area contributed by atoms with Crippen molar-refractivity contribution < 1.29 is 0 Å². The van der Waals surface area contributed by atoms with Gasteiger partial charge in [-0.3, -0.25) is 4.40 Å². The van der Waals surface area contributed by atoms with E-state index in [1.807, 2.05) is 19.1 Å². The van der Waals surface area contributed by atoms with Crippen LogP contribution < -0.4 is 0 Å². The molecule has 0 N–H and O–H groups in total. The molecule has 0 saturated carbocycles. The number of aromatic nitrogens is 5. The van der Waals surface area contributed by atoms with Crippen molar-refractivity contribution in [2.24, 2.45) is 0 Å². The molecule has 0 saturated heterocycles. The van der Waals surface area contributed by atoms with Crippen LogP contribution in [0.1, 0.15) is 24.9 Å². The van der Waals surface area contributed by atoms with Crippen molar-refractivity contribution in [1.82, 2.24) is 24.6 Å². The van der Waals surface area contributed by atoms with Gasteiger partial charge in [0.15, 0.2) is 11.3 Å². The van der Waals surface area contributed by atoms with Gasteiger partial charge in [0, 0.05) is 12.6 Å². The number of hydrogen-bond donors (Lipinski definition) is 0. The molecule has 3 heterocycles. The Kier molecular flexibility index (Phi) is 2.24. The average molecular weight is 227 g/mol. The zero-order valence-corrected chi connectivity index (χ0v) is 9.88. The maximum atomic E-state index is 4.44. The van der Waals surface area contributed by atoms with E-state index >= 15 is 0 Å². The predicted molar refractivity (Wildman–Crippen MR) is 64.8 cm³/mol. The Hall–Kier alpha value is -2.04. The first-order valence-electron chi connectivity index (χ1n) is 5.76. The zero-order valence-electron chi connectivity index (χ0n) is 9.88. The smallest absolute Gasteiger partial charge is 0.182 e. The van der Waals surface area contributed by atoms with Crippen molar-refractivity contribution in [2.45, 2.75) is 26.7 Å². The Morgan fingerprint density at radius 1 is 1.29 bits per heavy atom. The van der Waals surface area contributed by atoms with E-state index in [4.69, 9.17) is 0 Å². The lowest BCUT2D eigenvalue weighted by Crippen LogP contribution is -2.00. The van der Waals surface area contributed by atoms with E-state index < -0.39 is 0 Å². The number of fused-ring (bicyclic) bond motifs is 3. The van der Waals surface area contributed by atoms with Crippen LogP contribution in [0.3, 0.4) is 0 Å². The van der Waals surface area contributed by atoms with Crippen LogP contribution in [0.15, 0.2) is 18.3 Å². The lowest BCUT2D eigenvalue weighted by atomic mass is 10.3. The van der Waals surface area contributed by atoms with Gasteiger partial charge in [0.05, 0.1) is 11.2 Å². The van der Waals surface area contributed by atoms with E-state index in [9.17, 15) is 0 Å². The van der Waals surface area contributed by atoms with Gasteiger partial charge >= 0.3 is 0 Å². The summed E-state index contributed by atoms with van der Waals surface area (Å²) in [6.07, 6.45) is 3.71. The zero-order chi connectivity index (χ0) is 11.8. The fourth-order valence-corrected chi connectivity index (χ4v) is 2.05. The number of hydrogen-bond acceptors (Lipinski definition) is 4. The highest BCUT2D eigenvalue weighted by Gasteiger charge is 2.12. The summed E-state index contributed by atoms with van der Waals surface area (Å²) in [6.45, 7) is 4.07. The van der Waals surface area contributed by atoms with Gasteiger partial charge in [0.2, 0.25) is 0 Å². The van der Waals surface area contributed by atoms with Crippen molar-refractivity contribution >= 4 is 16.8 Å². The third-order valence-corrected chi connectivity index (χ3v) is 2.81. The molecule has 0 fully saturated rings. The van der Waals surface area contributed by atoms with Crippen LogP contribution in [0.5, 0.6) is 0 Å². The second-order valence-corrected chi connectivity index (χ2v) is 4.07. The summed E-state index contributed by atoms with van der Waals surface area (Å²) < 4.78 is 2.06. The van der Waals surface area contributed by atoms with E-state index in [0.29, 0.717) is 0 Å². The fraction of sp³-hybridized carbons (Fsp3) is 0.333. The van der Waals surface area contributed by atoms with E-state index in [1.165, 1.54) is 0 Å². The highest BCUT2D eigenvalue weighted by Crippen LogP contribution is 2.16. The second kappa shape index (κ2) is 3.76. The van der Waals surface area contributed by atoms with Gasteiger partial charge < -0.3 is 0 Å². The second-order valence-electron chi connectivity index (χ2n) is 4.07. The van der Waals surface area contributed by atoms with Gasteiger partial charge in [-0.1, -0.05) is 6.92 Å². The summed E-state index contributed by atoms with van der Waals surface area (Å²) in [4.78, 5) is 8.73. The molecule has 0 amide bonds. The monoisotopic (exact) mass is 227 g/mol. The molecule has 0 aliphatic carbocycles. The summed E-state index contributed by atoms with van der Waals surface area (Å²) in [5.74, 6) is 0.978. The van der Waals surface area contributed by atoms with Crippen molar-refractivity contribution in [2.75, 3.05) is 0 Å². The lowest BCUT2D eigenvalue weighted by molar-refractivity contribution is 0.824. The molecule has 3 aromatic heterocycles. The number of rotatable bonds is 2. The minimum absolute atomic E-state index is 0.745. The van der Waals surface area contributed by atoms with Crippen LogP contribution in [0.25, 0.3) is 16.8 Å². The molecular formula is C12H13N5.